The van der Waals surface area contributed by atoms with Crippen molar-refractivity contribution < 1.29 is 19.8 Å². The topological polar surface area (TPSA) is 98.7 Å². The lowest BCUT2D eigenvalue weighted by molar-refractivity contribution is -0.147. The molecule has 0 spiro atoms. The van der Waals surface area contributed by atoms with Crippen LogP contribution in [0.25, 0.3) is 0 Å². The number of carbonyl (C=O) groups is 2. The van der Waals surface area contributed by atoms with Crippen molar-refractivity contribution in [1.29, 1.82) is 0 Å². The number of amides is 2. The Kier molecular flexibility index (Phi) is 7.86. The number of carbonyl (C=O) groups excluding carboxylic acids is 2. The van der Waals surface area contributed by atoms with E-state index in [2.05, 4.69) is 10.6 Å². The lowest BCUT2D eigenvalue weighted by atomic mass is 9.53. The molecule has 0 aliphatic heterocycles. The van der Waals surface area contributed by atoms with Gasteiger partial charge >= 0.3 is 0 Å². The normalized spacial score (nSPS) is 25.5. The zero-order chi connectivity index (χ0) is 19.8. The molecule has 0 aromatic rings. The summed E-state index contributed by atoms with van der Waals surface area (Å²) in [7, 11) is 0. The van der Waals surface area contributed by atoms with Crippen molar-refractivity contribution in [2.75, 3.05) is 0 Å². The maximum Gasteiger partial charge on any atom is 0.234 e. The van der Waals surface area contributed by atoms with E-state index < -0.39 is 43.2 Å². The molecule has 6 nitrogen and oxygen atoms in total. The van der Waals surface area contributed by atoms with Crippen LogP contribution < -0.4 is 10.6 Å². The minimum atomic E-state index is -2.05. The maximum atomic E-state index is 12.2. The van der Waals surface area contributed by atoms with Crippen LogP contribution in [-0.2, 0) is 9.59 Å². The number of hydrogen-bond donors (Lipinski definition) is 4. The number of halogens is 6. The Morgan fingerprint density at radius 1 is 1.04 bits per heavy atom. The minimum absolute atomic E-state index is 0.0294. The van der Waals surface area contributed by atoms with Gasteiger partial charge in [-0.25, -0.2) is 0 Å². The number of rotatable bonds is 5. The van der Waals surface area contributed by atoms with Gasteiger partial charge < -0.3 is 20.8 Å². The first-order valence-electron chi connectivity index (χ1n) is 7.16. The largest absolute Gasteiger partial charge is 0.369 e. The van der Waals surface area contributed by atoms with Crippen molar-refractivity contribution in [3.8, 4) is 0 Å². The van der Waals surface area contributed by atoms with Crippen molar-refractivity contribution >= 4 is 81.4 Å². The quantitative estimate of drug-likeness (QED) is 0.360. The van der Waals surface area contributed by atoms with Gasteiger partial charge in [0.05, 0.1) is 0 Å². The molecule has 0 aromatic carbocycles. The molecule has 1 aliphatic carbocycles. The van der Waals surface area contributed by atoms with Crippen molar-refractivity contribution in [3.05, 3.63) is 0 Å². The average Bonchev–Trinajstić information content (AvgIpc) is 2.40. The van der Waals surface area contributed by atoms with Gasteiger partial charge in [-0.1, -0.05) is 83.5 Å². The Hall–Kier alpha value is 0.600. The third kappa shape index (κ3) is 6.32. The second kappa shape index (κ2) is 8.31. The highest BCUT2D eigenvalue weighted by molar-refractivity contribution is 6.68. The van der Waals surface area contributed by atoms with Gasteiger partial charge in [-0.15, -0.1) is 0 Å². The second-order valence-electron chi connectivity index (χ2n) is 6.48. The summed E-state index contributed by atoms with van der Waals surface area (Å²) in [6, 6.07) is 0. The summed E-state index contributed by atoms with van der Waals surface area (Å²) in [6.07, 6.45) is -2.89. The van der Waals surface area contributed by atoms with E-state index in [4.69, 9.17) is 69.6 Å². The molecule has 0 saturated heterocycles. The summed E-state index contributed by atoms with van der Waals surface area (Å²) in [5, 5.41) is 23.6. The lowest BCUT2D eigenvalue weighted by Crippen LogP contribution is -2.57. The van der Waals surface area contributed by atoms with Crippen LogP contribution in [0.15, 0.2) is 0 Å². The third-order valence-electron chi connectivity index (χ3n) is 4.42. The number of aliphatic hydroxyl groups excluding tert-OH is 2. The molecule has 4 atom stereocenters. The van der Waals surface area contributed by atoms with Crippen LogP contribution in [-0.4, -0.2) is 42.1 Å². The molecule has 0 radical (unpaired) electrons. The van der Waals surface area contributed by atoms with Crippen LogP contribution in [0.4, 0.5) is 0 Å². The molecule has 0 heterocycles. The van der Waals surface area contributed by atoms with Gasteiger partial charge in [0.15, 0.2) is 12.5 Å². The van der Waals surface area contributed by atoms with Crippen LogP contribution in [0.5, 0.6) is 0 Å². The maximum absolute atomic E-state index is 12.2. The fourth-order valence-electron chi connectivity index (χ4n) is 2.64. The summed E-state index contributed by atoms with van der Waals surface area (Å²) in [6.45, 7) is 3.59. The highest BCUT2D eigenvalue weighted by Gasteiger charge is 2.53. The van der Waals surface area contributed by atoms with Gasteiger partial charge in [0.2, 0.25) is 19.4 Å². The first-order chi connectivity index (χ1) is 11.1. The fraction of sp³-hybridized carbons (Fsp3) is 0.846. The number of hydrogen-bond acceptors (Lipinski definition) is 4. The van der Waals surface area contributed by atoms with E-state index in [0.29, 0.717) is 6.42 Å². The highest BCUT2D eigenvalue weighted by Crippen LogP contribution is 2.53. The summed E-state index contributed by atoms with van der Waals surface area (Å²) >= 11 is 32.9. The summed E-state index contributed by atoms with van der Waals surface area (Å²) in [4.78, 5) is 24.1. The molecule has 0 unspecified atom stereocenters. The van der Waals surface area contributed by atoms with Crippen LogP contribution in [0.2, 0.25) is 0 Å². The highest BCUT2D eigenvalue weighted by atomic mass is 35.6. The molecule has 1 fully saturated rings. The number of alkyl halides is 6. The van der Waals surface area contributed by atoms with Crippen molar-refractivity contribution in [2.24, 2.45) is 17.3 Å². The van der Waals surface area contributed by atoms with Crippen LogP contribution in [0.1, 0.15) is 26.7 Å². The van der Waals surface area contributed by atoms with E-state index in [1.165, 1.54) is 0 Å². The predicted molar refractivity (Wildman–Crippen MR) is 98.9 cm³/mol. The summed E-state index contributed by atoms with van der Waals surface area (Å²) in [5.74, 6) is -1.64. The molecule has 0 aromatic heterocycles. The first-order valence-corrected chi connectivity index (χ1v) is 9.43. The molecule has 146 valence electrons. The van der Waals surface area contributed by atoms with Crippen LogP contribution in [0.3, 0.4) is 0 Å². The number of aliphatic hydroxyl groups is 2. The number of nitrogens with one attached hydrogen (secondary N) is 2. The molecule has 0 bridgehead atoms. The molecular formula is C13H18Cl6N2O4. The molecule has 1 aliphatic rings. The zero-order valence-corrected chi connectivity index (χ0v) is 17.7. The Morgan fingerprint density at radius 2 is 1.48 bits per heavy atom. The fourth-order valence-corrected chi connectivity index (χ4v) is 2.97. The average molecular weight is 479 g/mol. The van der Waals surface area contributed by atoms with E-state index >= 15 is 0 Å². The van der Waals surface area contributed by atoms with Crippen molar-refractivity contribution in [1.82, 2.24) is 10.6 Å². The minimum Gasteiger partial charge on any atom is -0.369 e. The van der Waals surface area contributed by atoms with Gasteiger partial charge in [-0.05, 0) is 17.8 Å². The second-order valence-corrected chi connectivity index (χ2v) is 11.2. The molecular weight excluding hydrogens is 461 g/mol. The smallest absolute Gasteiger partial charge is 0.234 e. The van der Waals surface area contributed by atoms with E-state index in [1.807, 2.05) is 0 Å². The molecule has 1 saturated carbocycles. The van der Waals surface area contributed by atoms with Crippen LogP contribution in [0, 0.1) is 17.3 Å². The van der Waals surface area contributed by atoms with E-state index in [9.17, 15) is 19.8 Å². The SMILES string of the molecule is CC1(C)[C@H](CC(=O)N[C@H](O)C(Cl)(Cl)Cl)C[C@H]1C(=O)N[C@@H](O)C(Cl)(Cl)Cl. The van der Waals surface area contributed by atoms with Crippen LogP contribution >= 0.6 is 69.6 Å². The molecule has 25 heavy (non-hydrogen) atoms. The van der Waals surface area contributed by atoms with Gasteiger partial charge in [0.1, 0.15) is 0 Å². The van der Waals surface area contributed by atoms with E-state index in [0.717, 1.165) is 0 Å². The van der Waals surface area contributed by atoms with Gasteiger partial charge in [0.25, 0.3) is 0 Å². The predicted octanol–water partition coefficient (Wildman–Crippen LogP) is 2.65. The van der Waals surface area contributed by atoms with E-state index in [1.54, 1.807) is 13.8 Å². The zero-order valence-electron chi connectivity index (χ0n) is 13.2. The Morgan fingerprint density at radius 3 is 1.88 bits per heavy atom. The Labute approximate surface area is 175 Å². The summed E-state index contributed by atoms with van der Waals surface area (Å²) in [5.41, 5.74) is -0.556. The van der Waals surface area contributed by atoms with Crippen molar-refractivity contribution in [2.45, 2.75) is 46.7 Å². The third-order valence-corrected chi connectivity index (χ3v) is 5.66. The standard InChI is InChI=1S/C13H18Cl6N2O4/c1-11(2)5(4-7(22)20-9(24)12(14,15)16)3-6(11)8(23)21-10(25)13(17,18)19/h5-6,9-10,24-25H,3-4H2,1-2H3,(H,20,22)(H,21,23)/t5-,6-,9+,10-/m0/s1. The van der Waals surface area contributed by atoms with Crippen molar-refractivity contribution in [3.63, 3.8) is 0 Å². The molecule has 4 N–H and O–H groups in total. The Balaban J connectivity index is 2.58. The van der Waals surface area contributed by atoms with Gasteiger partial charge in [0, 0.05) is 12.3 Å². The van der Waals surface area contributed by atoms with Gasteiger partial charge in [-0.3, -0.25) is 9.59 Å². The molecule has 2 amide bonds. The Bertz CT molecular complexity index is 520. The summed E-state index contributed by atoms with van der Waals surface area (Å²) < 4.78 is -4.09. The van der Waals surface area contributed by atoms with Gasteiger partial charge in [-0.2, -0.15) is 0 Å². The lowest BCUT2D eigenvalue weighted by Gasteiger charge is -2.51. The molecule has 1 rings (SSSR count). The first kappa shape index (κ1) is 23.6. The van der Waals surface area contributed by atoms with E-state index in [-0.39, 0.29) is 12.3 Å². The monoisotopic (exact) mass is 476 g/mol. The molecule has 12 heteroatoms.